The molecule has 0 radical (unpaired) electrons. The maximum Gasteiger partial charge on any atom is 0.303 e. The minimum absolute atomic E-state index is 0.0226. The number of carbonyl (C=O) groups is 2. The van der Waals surface area contributed by atoms with Crippen LogP contribution in [0, 0.1) is 5.41 Å². The average molecular weight is 463 g/mol. The molecule has 2 heterocycles. The number of nitrogens with zero attached hydrogens (tertiary/aromatic N) is 3. The number of carboxylic acid groups (broad SMARTS) is 1. The largest absolute Gasteiger partial charge is 0.481 e. The van der Waals surface area contributed by atoms with Gasteiger partial charge in [0.15, 0.2) is 5.78 Å². The third kappa shape index (κ3) is 5.13. The summed E-state index contributed by atoms with van der Waals surface area (Å²) in [5.74, 6) is 0.0478. The van der Waals surface area contributed by atoms with Gasteiger partial charge in [-0.25, -0.2) is 4.98 Å². The van der Waals surface area contributed by atoms with Crippen LogP contribution in [-0.4, -0.2) is 52.7 Å². The van der Waals surface area contributed by atoms with Gasteiger partial charge in [0, 0.05) is 55.0 Å². The van der Waals surface area contributed by atoms with Gasteiger partial charge in [-0.3, -0.25) is 15.0 Å². The highest BCUT2D eigenvalue weighted by atomic mass is 16.4. The number of hydrogen-bond donors (Lipinski definition) is 2. The number of Topliss-reactive ketones (excluding diaryl/α,β-unsaturated/α-hetero) is 1. The second-order valence-corrected chi connectivity index (χ2v) is 10.5. The van der Waals surface area contributed by atoms with E-state index < -0.39 is 5.97 Å². The Balaban J connectivity index is 1.49. The van der Waals surface area contributed by atoms with Crippen molar-refractivity contribution in [3.8, 4) is 0 Å². The van der Waals surface area contributed by atoms with Crippen LogP contribution in [0.3, 0.4) is 0 Å². The molecule has 0 spiro atoms. The number of anilines is 1. The second kappa shape index (κ2) is 9.20. The van der Waals surface area contributed by atoms with E-state index in [2.05, 4.69) is 37.8 Å². The number of carboxylic acids is 1. The molecule has 0 unspecified atom stereocenters. The predicted octanol–water partition coefficient (Wildman–Crippen LogP) is 4.58. The molecule has 0 saturated heterocycles. The molecule has 1 saturated carbocycles. The van der Waals surface area contributed by atoms with Gasteiger partial charge < -0.3 is 14.9 Å². The number of aliphatic carboxylic acids is 1. The molecule has 1 aromatic heterocycles. The molecular weight excluding hydrogens is 428 g/mol. The molecule has 180 valence electrons. The van der Waals surface area contributed by atoms with Gasteiger partial charge in [0.25, 0.3) is 0 Å². The van der Waals surface area contributed by atoms with E-state index >= 15 is 0 Å². The average Bonchev–Trinajstić information content (AvgIpc) is 3.58. The Morgan fingerprint density at radius 1 is 1.21 bits per heavy atom. The van der Waals surface area contributed by atoms with Gasteiger partial charge in [-0.15, -0.1) is 0 Å². The van der Waals surface area contributed by atoms with Gasteiger partial charge in [-0.1, -0.05) is 26.8 Å². The first-order valence-electron chi connectivity index (χ1n) is 12.0. The summed E-state index contributed by atoms with van der Waals surface area (Å²) < 4.78 is 0. The summed E-state index contributed by atoms with van der Waals surface area (Å²) in [4.78, 5) is 32.7. The molecule has 1 fully saturated rings. The molecule has 4 rings (SSSR count). The summed E-state index contributed by atoms with van der Waals surface area (Å²) in [6.45, 7) is 7.64. The number of aromatic nitrogens is 1. The molecule has 0 bridgehead atoms. The number of nitrogens with one attached hydrogen (secondary N) is 1. The van der Waals surface area contributed by atoms with E-state index in [0.717, 1.165) is 22.5 Å². The third-order valence-corrected chi connectivity index (χ3v) is 6.65. The molecule has 7 nitrogen and oxygen atoms in total. The van der Waals surface area contributed by atoms with Gasteiger partial charge in [-0.05, 0) is 54.5 Å². The van der Waals surface area contributed by atoms with E-state index in [4.69, 9.17) is 15.5 Å². The summed E-state index contributed by atoms with van der Waals surface area (Å²) in [6, 6.07) is 9.89. The first-order valence-corrected chi connectivity index (χ1v) is 12.0. The normalized spacial score (nSPS) is 15.4. The van der Waals surface area contributed by atoms with Crippen molar-refractivity contribution in [2.75, 3.05) is 25.0 Å². The third-order valence-electron chi connectivity index (χ3n) is 6.65. The quantitative estimate of drug-likeness (QED) is 0.530. The van der Waals surface area contributed by atoms with Crippen LogP contribution in [-0.2, 0) is 16.8 Å². The highest BCUT2D eigenvalue weighted by Gasteiger charge is 2.31. The number of benzene rings is 1. The van der Waals surface area contributed by atoms with Crippen LogP contribution in [0.5, 0.6) is 0 Å². The first kappa shape index (κ1) is 23.9. The Bertz CT molecular complexity index is 1130. The zero-order chi connectivity index (χ0) is 24.6. The van der Waals surface area contributed by atoms with Crippen molar-refractivity contribution in [3.63, 3.8) is 0 Å². The van der Waals surface area contributed by atoms with Crippen molar-refractivity contribution in [3.05, 3.63) is 58.4 Å². The minimum atomic E-state index is -0.793. The lowest BCUT2D eigenvalue weighted by atomic mass is 9.84. The number of amidine groups is 1. The number of rotatable bonds is 9. The van der Waals surface area contributed by atoms with Gasteiger partial charge in [0.1, 0.15) is 11.5 Å². The van der Waals surface area contributed by atoms with E-state index in [1.807, 2.05) is 25.2 Å². The van der Waals surface area contributed by atoms with Crippen molar-refractivity contribution in [1.29, 1.82) is 5.41 Å². The van der Waals surface area contributed by atoms with E-state index in [1.165, 1.54) is 12.8 Å². The van der Waals surface area contributed by atoms with Crippen molar-refractivity contribution in [2.45, 2.75) is 64.3 Å². The zero-order valence-electron chi connectivity index (χ0n) is 20.5. The molecule has 1 aliphatic heterocycles. The van der Waals surface area contributed by atoms with Crippen molar-refractivity contribution < 1.29 is 14.7 Å². The van der Waals surface area contributed by atoms with Crippen molar-refractivity contribution in [2.24, 2.45) is 0 Å². The SMILES string of the molecule is CN(CCCC(=O)O)c1ccc(C(=O)CN2Cc3ccc(C4CC4)nc3C2=N)cc1C(C)(C)C. The van der Waals surface area contributed by atoms with Crippen LogP contribution >= 0.6 is 0 Å². The van der Waals surface area contributed by atoms with E-state index in [0.29, 0.717) is 42.5 Å². The number of ketones is 1. The Kier molecular flexibility index (Phi) is 6.47. The molecular formula is C27H34N4O3. The predicted molar refractivity (Wildman–Crippen MR) is 133 cm³/mol. The van der Waals surface area contributed by atoms with Crippen LogP contribution in [0.4, 0.5) is 5.69 Å². The monoisotopic (exact) mass is 462 g/mol. The summed E-state index contributed by atoms with van der Waals surface area (Å²) in [5, 5.41) is 17.5. The van der Waals surface area contributed by atoms with Crippen LogP contribution in [0.1, 0.15) is 85.2 Å². The Morgan fingerprint density at radius 2 is 1.94 bits per heavy atom. The fourth-order valence-electron chi connectivity index (χ4n) is 4.51. The van der Waals surface area contributed by atoms with Crippen LogP contribution < -0.4 is 4.90 Å². The molecule has 2 aliphatic rings. The summed E-state index contributed by atoms with van der Waals surface area (Å²) >= 11 is 0. The topological polar surface area (TPSA) is 97.6 Å². The lowest BCUT2D eigenvalue weighted by molar-refractivity contribution is -0.137. The molecule has 34 heavy (non-hydrogen) atoms. The Morgan fingerprint density at radius 3 is 2.59 bits per heavy atom. The molecule has 2 aromatic rings. The maximum absolute atomic E-state index is 13.3. The van der Waals surface area contributed by atoms with E-state index in [9.17, 15) is 9.59 Å². The van der Waals surface area contributed by atoms with Gasteiger partial charge >= 0.3 is 5.97 Å². The summed E-state index contributed by atoms with van der Waals surface area (Å²) in [6.07, 6.45) is 3.03. The second-order valence-electron chi connectivity index (χ2n) is 10.5. The highest BCUT2D eigenvalue weighted by molar-refractivity contribution is 6.04. The smallest absolute Gasteiger partial charge is 0.303 e. The molecule has 0 amide bonds. The number of pyridine rings is 1. The minimum Gasteiger partial charge on any atom is -0.481 e. The maximum atomic E-state index is 13.3. The fraction of sp³-hybridized carbons (Fsp3) is 0.481. The molecule has 1 aliphatic carbocycles. The van der Waals surface area contributed by atoms with Crippen LogP contribution in [0.15, 0.2) is 30.3 Å². The standard InChI is InChI=1S/C27H34N4O3/c1-27(2,3)20-14-18(10-12-22(20)30(4)13-5-6-24(33)34)23(32)16-31-15-19-9-11-21(17-7-8-17)29-25(19)26(31)28/h9-12,14,17,28H,5-8,13,15-16H2,1-4H3,(H,33,34). The summed E-state index contributed by atoms with van der Waals surface area (Å²) in [7, 11) is 1.96. The van der Waals surface area contributed by atoms with Gasteiger partial charge in [0.05, 0.1) is 6.54 Å². The zero-order valence-corrected chi connectivity index (χ0v) is 20.5. The molecule has 2 N–H and O–H groups in total. The van der Waals surface area contributed by atoms with Crippen molar-refractivity contribution >= 4 is 23.3 Å². The lowest BCUT2D eigenvalue weighted by Gasteiger charge is -2.29. The fourth-order valence-corrected chi connectivity index (χ4v) is 4.51. The number of hydrogen-bond acceptors (Lipinski definition) is 5. The molecule has 0 atom stereocenters. The number of carbonyl (C=O) groups excluding carboxylic acids is 1. The number of fused-ring (bicyclic) bond motifs is 1. The Labute approximate surface area is 201 Å². The lowest BCUT2D eigenvalue weighted by Crippen LogP contribution is -2.31. The molecule has 7 heteroatoms. The highest BCUT2D eigenvalue weighted by Crippen LogP contribution is 2.40. The van der Waals surface area contributed by atoms with Crippen LogP contribution in [0.25, 0.3) is 0 Å². The van der Waals surface area contributed by atoms with E-state index in [-0.39, 0.29) is 24.2 Å². The van der Waals surface area contributed by atoms with Gasteiger partial charge in [-0.2, -0.15) is 0 Å². The van der Waals surface area contributed by atoms with E-state index in [1.54, 1.807) is 4.90 Å². The summed E-state index contributed by atoms with van der Waals surface area (Å²) in [5.41, 5.74) is 5.28. The molecule has 1 aromatic carbocycles. The Hall–Kier alpha value is -3.22. The van der Waals surface area contributed by atoms with Crippen molar-refractivity contribution in [1.82, 2.24) is 9.88 Å². The van der Waals surface area contributed by atoms with Crippen LogP contribution in [0.2, 0.25) is 0 Å². The first-order chi connectivity index (χ1) is 16.0. The van der Waals surface area contributed by atoms with Gasteiger partial charge in [0.2, 0.25) is 0 Å².